The SMILES string of the molecule is CC(OCc1ccccc1)C(NC(=O)OCC1c2ccccc2-c2ccccc21)C(=O)NC1(C(=O)O)CC1. The highest BCUT2D eigenvalue weighted by Gasteiger charge is 2.52. The van der Waals surface area contributed by atoms with E-state index in [0.717, 1.165) is 27.8 Å². The zero-order valence-electron chi connectivity index (χ0n) is 21.1. The van der Waals surface area contributed by atoms with Crippen LogP contribution < -0.4 is 10.6 Å². The first kappa shape index (κ1) is 25.5. The molecule has 0 aliphatic heterocycles. The maximum Gasteiger partial charge on any atom is 0.407 e. The number of carboxylic acid groups (broad SMARTS) is 1. The summed E-state index contributed by atoms with van der Waals surface area (Å²) in [6, 6.07) is 24.3. The Bertz CT molecular complexity index is 1290. The minimum absolute atomic E-state index is 0.0898. The first-order chi connectivity index (χ1) is 18.4. The summed E-state index contributed by atoms with van der Waals surface area (Å²) in [6.45, 7) is 1.98. The van der Waals surface area contributed by atoms with E-state index >= 15 is 0 Å². The van der Waals surface area contributed by atoms with E-state index in [1.165, 1.54) is 0 Å². The van der Waals surface area contributed by atoms with Gasteiger partial charge in [-0.1, -0.05) is 78.9 Å². The van der Waals surface area contributed by atoms with Crippen molar-refractivity contribution in [2.75, 3.05) is 6.61 Å². The van der Waals surface area contributed by atoms with E-state index in [1.807, 2.05) is 66.7 Å². The molecular weight excluding hydrogens is 484 g/mol. The number of carbonyl (C=O) groups excluding carboxylic acids is 2. The van der Waals surface area contributed by atoms with Gasteiger partial charge in [-0.05, 0) is 47.6 Å². The standard InChI is InChI=1S/C30H30N2O6/c1-19(37-17-20-9-3-2-4-10-20)26(27(33)32-30(15-16-30)28(34)35)31-29(36)38-18-25-23-13-7-5-11-21(23)22-12-6-8-14-24(22)25/h2-14,19,25-26H,15-18H2,1H3,(H,31,36)(H,32,33)(H,34,35). The van der Waals surface area contributed by atoms with Crippen molar-refractivity contribution in [3.8, 4) is 11.1 Å². The van der Waals surface area contributed by atoms with Gasteiger partial charge in [-0.25, -0.2) is 9.59 Å². The molecule has 5 rings (SSSR count). The normalized spacial score (nSPS) is 16.4. The lowest BCUT2D eigenvalue weighted by atomic mass is 9.98. The van der Waals surface area contributed by atoms with Gasteiger partial charge >= 0.3 is 12.1 Å². The highest BCUT2D eigenvalue weighted by Crippen LogP contribution is 2.44. The number of ether oxygens (including phenoxy) is 2. The lowest BCUT2D eigenvalue weighted by molar-refractivity contribution is -0.144. The lowest BCUT2D eigenvalue weighted by Gasteiger charge is -2.26. The number of alkyl carbamates (subject to hydrolysis) is 1. The third-order valence-corrected chi connectivity index (χ3v) is 7.25. The van der Waals surface area contributed by atoms with Crippen molar-refractivity contribution >= 4 is 18.0 Å². The van der Waals surface area contributed by atoms with Crippen molar-refractivity contribution in [3.63, 3.8) is 0 Å². The molecule has 8 heteroatoms. The van der Waals surface area contributed by atoms with Crippen LogP contribution in [0.3, 0.4) is 0 Å². The predicted octanol–water partition coefficient (Wildman–Crippen LogP) is 4.23. The molecule has 0 heterocycles. The number of rotatable bonds is 10. The van der Waals surface area contributed by atoms with E-state index in [1.54, 1.807) is 6.92 Å². The van der Waals surface area contributed by atoms with E-state index in [4.69, 9.17) is 9.47 Å². The summed E-state index contributed by atoms with van der Waals surface area (Å²) in [7, 11) is 0. The summed E-state index contributed by atoms with van der Waals surface area (Å²) in [6.07, 6.45) is -0.849. The lowest BCUT2D eigenvalue weighted by Crippen LogP contribution is -2.57. The number of carboxylic acids is 1. The highest BCUT2D eigenvalue weighted by molar-refractivity contribution is 5.93. The Morgan fingerprint density at radius 2 is 1.50 bits per heavy atom. The number of nitrogens with one attached hydrogen (secondary N) is 2. The molecule has 2 atom stereocenters. The van der Waals surface area contributed by atoms with Crippen LogP contribution in [0.25, 0.3) is 11.1 Å². The molecule has 0 radical (unpaired) electrons. The van der Waals surface area contributed by atoms with Gasteiger partial charge in [-0.15, -0.1) is 0 Å². The van der Waals surface area contributed by atoms with Gasteiger partial charge in [-0.3, -0.25) is 4.79 Å². The number of hydrogen-bond acceptors (Lipinski definition) is 5. The van der Waals surface area contributed by atoms with Crippen LogP contribution >= 0.6 is 0 Å². The molecular formula is C30H30N2O6. The van der Waals surface area contributed by atoms with Gasteiger partial charge in [-0.2, -0.15) is 0 Å². The number of benzene rings is 3. The Labute approximate surface area is 221 Å². The molecule has 2 aliphatic carbocycles. The van der Waals surface area contributed by atoms with Crippen LogP contribution in [0.4, 0.5) is 4.79 Å². The Balaban J connectivity index is 1.27. The third-order valence-electron chi connectivity index (χ3n) is 7.25. The minimum atomic E-state index is -1.29. The van der Waals surface area contributed by atoms with Crippen LogP contribution in [0.5, 0.6) is 0 Å². The second kappa shape index (κ2) is 10.7. The number of fused-ring (bicyclic) bond motifs is 3. The van der Waals surface area contributed by atoms with Crippen molar-refractivity contribution < 1.29 is 29.0 Å². The van der Waals surface area contributed by atoms with Crippen LogP contribution in [0.15, 0.2) is 78.9 Å². The Morgan fingerprint density at radius 3 is 2.08 bits per heavy atom. The van der Waals surface area contributed by atoms with Crippen molar-refractivity contribution in [2.24, 2.45) is 0 Å². The van der Waals surface area contributed by atoms with Crippen LogP contribution in [-0.2, 0) is 25.7 Å². The molecule has 2 aliphatic rings. The molecule has 0 bridgehead atoms. The molecule has 196 valence electrons. The number of aliphatic carboxylic acids is 1. The van der Waals surface area contributed by atoms with Gasteiger partial charge in [0, 0.05) is 5.92 Å². The van der Waals surface area contributed by atoms with Gasteiger partial charge in [0.1, 0.15) is 18.2 Å². The molecule has 2 unspecified atom stereocenters. The van der Waals surface area contributed by atoms with E-state index < -0.39 is 35.7 Å². The summed E-state index contributed by atoms with van der Waals surface area (Å²) in [5.74, 6) is -1.85. The van der Waals surface area contributed by atoms with Crippen LogP contribution in [0.2, 0.25) is 0 Å². The predicted molar refractivity (Wildman–Crippen MR) is 140 cm³/mol. The number of carbonyl (C=O) groups is 3. The van der Waals surface area contributed by atoms with E-state index in [9.17, 15) is 19.5 Å². The van der Waals surface area contributed by atoms with E-state index in [2.05, 4.69) is 22.8 Å². The second-order valence-corrected chi connectivity index (χ2v) is 9.83. The summed E-state index contributed by atoms with van der Waals surface area (Å²) >= 11 is 0. The maximum absolute atomic E-state index is 13.2. The van der Waals surface area contributed by atoms with Crippen LogP contribution in [0.1, 0.15) is 42.4 Å². The first-order valence-corrected chi connectivity index (χ1v) is 12.7. The maximum atomic E-state index is 13.2. The van der Waals surface area contributed by atoms with Gasteiger partial charge < -0.3 is 25.2 Å². The Hall–Kier alpha value is -4.17. The molecule has 38 heavy (non-hydrogen) atoms. The second-order valence-electron chi connectivity index (χ2n) is 9.83. The van der Waals surface area contributed by atoms with E-state index in [-0.39, 0.29) is 19.1 Å². The number of hydrogen-bond donors (Lipinski definition) is 3. The molecule has 0 saturated heterocycles. The highest BCUT2D eigenvalue weighted by atomic mass is 16.5. The zero-order valence-corrected chi connectivity index (χ0v) is 21.1. The molecule has 3 aromatic carbocycles. The van der Waals surface area contributed by atoms with Crippen molar-refractivity contribution in [3.05, 3.63) is 95.6 Å². The molecule has 0 aromatic heterocycles. The van der Waals surface area contributed by atoms with Crippen molar-refractivity contribution in [2.45, 2.75) is 50.0 Å². The monoisotopic (exact) mass is 514 g/mol. The van der Waals surface area contributed by atoms with Gasteiger partial charge in [0.2, 0.25) is 5.91 Å². The van der Waals surface area contributed by atoms with Gasteiger partial charge in [0.15, 0.2) is 0 Å². The summed E-state index contributed by atoms with van der Waals surface area (Å²) < 4.78 is 11.5. The third kappa shape index (κ3) is 5.26. The molecule has 8 nitrogen and oxygen atoms in total. The summed E-state index contributed by atoms with van der Waals surface area (Å²) in [5, 5.41) is 14.7. The molecule has 3 aromatic rings. The van der Waals surface area contributed by atoms with Crippen LogP contribution in [0, 0.1) is 0 Å². The molecule has 2 amide bonds. The Morgan fingerprint density at radius 1 is 0.921 bits per heavy atom. The smallest absolute Gasteiger partial charge is 0.407 e. The molecule has 0 spiro atoms. The van der Waals surface area contributed by atoms with Gasteiger partial charge in [0.25, 0.3) is 0 Å². The number of amides is 2. The molecule has 1 fully saturated rings. The van der Waals surface area contributed by atoms with Crippen LogP contribution in [-0.4, -0.2) is 47.4 Å². The van der Waals surface area contributed by atoms with Gasteiger partial charge in [0.05, 0.1) is 12.7 Å². The van der Waals surface area contributed by atoms with Crippen molar-refractivity contribution in [1.29, 1.82) is 0 Å². The fraction of sp³-hybridized carbons (Fsp3) is 0.300. The Kier molecular flexibility index (Phi) is 7.15. The van der Waals surface area contributed by atoms with Crippen molar-refractivity contribution in [1.82, 2.24) is 10.6 Å². The van der Waals surface area contributed by atoms with E-state index in [0.29, 0.717) is 12.8 Å². The zero-order chi connectivity index (χ0) is 26.7. The average Bonchev–Trinajstić information content (AvgIpc) is 3.65. The first-order valence-electron chi connectivity index (χ1n) is 12.7. The average molecular weight is 515 g/mol. The minimum Gasteiger partial charge on any atom is -0.480 e. The summed E-state index contributed by atoms with van der Waals surface area (Å²) in [4.78, 5) is 37.7. The quantitative estimate of drug-likeness (QED) is 0.373. The fourth-order valence-electron chi connectivity index (χ4n) is 4.89. The summed E-state index contributed by atoms with van der Waals surface area (Å²) in [5.41, 5.74) is 3.99. The fourth-order valence-corrected chi connectivity index (χ4v) is 4.89. The topological polar surface area (TPSA) is 114 Å². The molecule has 1 saturated carbocycles. The molecule has 3 N–H and O–H groups in total. The largest absolute Gasteiger partial charge is 0.480 e.